The number of benzene rings is 1. The molecule has 0 aliphatic carbocycles. The normalized spacial score (nSPS) is 17.1. The molecule has 0 radical (unpaired) electrons. The highest BCUT2D eigenvalue weighted by Crippen LogP contribution is 2.13. The Bertz CT molecular complexity index is 587. The number of hydrogen-bond donors (Lipinski definition) is 2. The number of non-ortho nitro benzene ring substituents is 1. The number of nitrogens with zero attached hydrogens (tertiary/aromatic N) is 3. The van der Waals surface area contributed by atoms with E-state index in [2.05, 4.69) is 27.4 Å². The van der Waals surface area contributed by atoms with Crippen molar-refractivity contribution in [2.24, 2.45) is 4.99 Å². The maximum absolute atomic E-state index is 10.9. The lowest BCUT2D eigenvalue weighted by molar-refractivity contribution is -0.384. The minimum atomic E-state index is -0.388. The van der Waals surface area contributed by atoms with E-state index in [0.29, 0.717) is 18.5 Å². The van der Waals surface area contributed by atoms with E-state index in [1.54, 1.807) is 12.1 Å². The third-order valence-electron chi connectivity index (χ3n) is 4.12. The van der Waals surface area contributed by atoms with Gasteiger partial charge in [-0.3, -0.25) is 15.0 Å². The van der Waals surface area contributed by atoms with Crippen LogP contribution in [0.15, 0.2) is 29.3 Å². The molecule has 2 N–H and O–H groups in total. The summed E-state index contributed by atoms with van der Waals surface area (Å²) in [6.45, 7) is 9.58. The molecule has 1 saturated heterocycles. The number of nitro benzene ring substituents is 1. The van der Waals surface area contributed by atoms with Gasteiger partial charge in [0.25, 0.3) is 5.69 Å². The monoisotopic (exact) mass is 349 g/mol. The molecule has 8 heteroatoms. The number of nitrogens with one attached hydrogen (secondary N) is 2. The third kappa shape index (κ3) is 6.32. The van der Waals surface area contributed by atoms with Crippen molar-refractivity contribution in [3.8, 4) is 0 Å². The van der Waals surface area contributed by atoms with Gasteiger partial charge in [-0.05, 0) is 19.4 Å². The van der Waals surface area contributed by atoms with Crippen LogP contribution < -0.4 is 10.6 Å². The average Bonchev–Trinajstić information content (AvgIpc) is 2.64. The molecule has 25 heavy (non-hydrogen) atoms. The second-order valence-electron chi connectivity index (χ2n) is 6.00. The number of hydrogen-bond acceptors (Lipinski definition) is 5. The van der Waals surface area contributed by atoms with Gasteiger partial charge in [0.05, 0.1) is 24.7 Å². The van der Waals surface area contributed by atoms with E-state index in [0.717, 1.165) is 45.0 Å². The Labute approximate surface area is 148 Å². The highest BCUT2D eigenvalue weighted by atomic mass is 16.6. The van der Waals surface area contributed by atoms with Crippen LogP contribution in [0.1, 0.15) is 19.4 Å². The molecule has 1 aromatic rings. The maximum atomic E-state index is 10.9. The van der Waals surface area contributed by atoms with Gasteiger partial charge in [0.15, 0.2) is 5.96 Å². The molecule has 138 valence electrons. The lowest BCUT2D eigenvalue weighted by Crippen LogP contribution is -2.49. The Balaban J connectivity index is 1.91. The van der Waals surface area contributed by atoms with Gasteiger partial charge in [-0.25, -0.2) is 4.99 Å². The largest absolute Gasteiger partial charge is 0.379 e. The SMILES string of the molecule is CCNC(=NCc1cccc([N+](=O)[O-])c1)NCC(C)N1CCOCC1. The van der Waals surface area contributed by atoms with Crippen LogP contribution >= 0.6 is 0 Å². The fourth-order valence-electron chi connectivity index (χ4n) is 2.67. The van der Waals surface area contributed by atoms with Crippen LogP contribution in [-0.4, -0.2) is 61.2 Å². The summed E-state index contributed by atoms with van der Waals surface area (Å²) in [5.74, 6) is 0.717. The predicted molar refractivity (Wildman–Crippen MR) is 97.8 cm³/mol. The van der Waals surface area contributed by atoms with Crippen molar-refractivity contribution >= 4 is 11.6 Å². The van der Waals surface area contributed by atoms with Crippen molar-refractivity contribution in [3.05, 3.63) is 39.9 Å². The first-order valence-corrected chi connectivity index (χ1v) is 8.67. The van der Waals surface area contributed by atoms with Crippen molar-refractivity contribution in [2.75, 3.05) is 39.4 Å². The average molecular weight is 349 g/mol. The Morgan fingerprint density at radius 3 is 2.84 bits per heavy atom. The highest BCUT2D eigenvalue weighted by molar-refractivity contribution is 5.79. The first kappa shape index (κ1) is 19.1. The van der Waals surface area contributed by atoms with Crippen LogP contribution in [0, 0.1) is 10.1 Å². The lowest BCUT2D eigenvalue weighted by atomic mass is 10.2. The Hall–Kier alpha value is -2.19. The molecule has 1 aliphatic heterocycles. The van der Waals surface area contributed by atoms with E-state index >= 15 is 0 Å². The molecule has 0 bridgehead atoms. The van der Waals surface area contributed by atoms with Gasteiger partial charge >= 0.3 is 0 Å². The zero-order chi connectivity index (χ0) is 18.1. The van der Waals surface area contributed by atoms with Gasteiger partial charge in [0.1, 0.15) is 0 Å². The lowest BCUT2D eigenvalue weighted by Gasteiger charge is -2.32. The summed E-state index contributed by atoms with van der Waals surface area (Å²) in [6.07, 6.45) is 0. The standard InChI is InChI=1S/C17H27N5O3/c1-3-18-17(19-12-14(2)21-7-9-25-10-8-21)20-13-15-5-4-6-16(11-15)22(23)24/h4-6,11,14H,3,7-10,12-13H2,1-2H3,(H2,18,19,20). The molecule has 1 heterocycles. The summed E-state index contributed by atoms with van der Waals surface area (Å²) in [5.41, 5.74) is 0.902. The number of guanidine groups is 1. The summed E-state index contributed by atoms with van der Waals surface area (Å²) in [5, 5.41) is 17.4. The molecule has 0 saturated carbocycles. The Kier molecular flexibility index (Phi) is 7.62. The smallest absolute Gasteiger partial charge is 0.269 e. The fourth-order valence-corrected chi connectivity index (χ4v) is 2.67. The second-order valence-corrected chi connectivity index (χ2v) is 6.00. The quantitative estimate of drug-likeness (QED) is 0.334. The molecule has 8 nitrogen and oxygen atoms in total. The van der Waals surface area contributed by atoms with Gasteiger partial charge < -0.3 is 15.4 Å². The van der Waals surface area contributed by atoms with Crippen LogP contribution in [0.3, 0.4) is 0 Å². The van der Waals surface area contributed by atoms with E-state index in [1.165, 1.54) is 6.07 Å². The van der Waals surface area contributed by atoms with E-state index in [9.17, 15) is 10.1 Å². The van der Waals surface area contributed by atoms with Crippen LogP contribution in [0.5, 0.6) is 0 Å². The molecule has 1 unspecified atom stereocenters. The van der Waals surface area contributed by atoms with Gasteiger partial charge in [-0.15, -0.1) is 0 Å². The molecule has 0 aromatic heterocycles. The second kappa shape index (κ2) is 9.95. The molecular formula is C17H27N5O3. The molecule has 1 fully saturated rings. The van der Waals surface area contributed by atoms with Crippen molar-refractivity contribution in [3.63, 3.8) is 0 Å². The molecule has 1 aliphatic rings. The Morgan fingerprint density at radius 1 is 1.40 bits per heavy atom. The number of nitro groups is 1. The maximum Gasteiger partial charge on any atom is 0.269 e. The summed E-state index contributed by atoms with van der Waals surface area (Å²) in [7, 11) is 0. The van der Waals surface area contributed by atoms with Crippen molar-refractivity contribution in [2.45, 2.75) is 26.4 Å². The van der Waals surface area contributed by atoms with E-state index in [-0.39, 0.29) is 10.6 Å². The molecular weight excluding hydrogens is 322 g/mol. The third-order valence-corrected chi connectivity index (χ3v) is 4.12. The molecule has 1 atom stereocenters. The predicted octanol–water partition coefficient (Wildman–Crippen LogP) is 1.37. The summed E-state index contributed by atoms with van der Waals surface area (Å²) < 4.78 is 5.38. The molecule has 0 spiro atoms. The molecule has 2 rings (SSSR count). The minimum Gasteiger partial charge on any atom is -0.379 e. The Morgan fingerprint density at radius 2 is 2.16 bits per heavy atom. The van der Waals surface area contributed by atoms with E-state index in [4.69, 9.17) is 4.74 Å². The first-order valence-electron chi connectivity index (χ1n) is 8.67. The highest BCUT2D eigenvalue weighted by Gasteiger charge is 2.17. The van der Waals surface area contributed by atoms with Crippen LogP contribution in [0.25, 0.3) is 0 Å². The molecule has 0 amide bonds. The van der Waals surface area contributed by atoms with Gasteiger partial charge in [-0.2, -0.15) is 0 Å². The first-order chi connectivity index (χ1) is 12.1. The summed E-state index contributed by atoms with van der Waals surface area (Å²) in [6, 6.07) is 6.95. The van der Waals surface area contributed by atoms with Gasteiger partial charge in [-0.1, -0.05) is 12.1 Å². The van der Waals surface area contributed by atoms with Crippen LogP contribution in [0.4, 0.5) is 5.69 Å². The summed E-state index contributed by atoms with van der Waals surface area (Å²) in [4.78, 5) is 17.4. The minimum absolute atomic E-state index is 0.0894. The summed E-state index contributed by atoms with van der Waals surface area (Å²) >= 11 is 0. The number of rotatable bonds is 7. The topological polar surface area (TPSA) is 92.0 Å². The molecule has 1 aromatic carbocycles. The van der Waals surface area contributed by atoms with E-state index in [1.807, 2.05) is 13.0 Å². The zero-order valence-corrected chi connectivity index (χ0v) is 14.9. The zero-order valence-electron chi connectivity index (χ0n) is 14.9. The van der Waals surface area contributed by atoms with Crippen LogP contribution in [0.2, 0.25) is 0 Å². The van der Waals surface area contributed by atoms with Gasteiger partial charge in [0.2, 0.25) is 0 Å². The van der Waals surface area contributed by atoms with Gasteiger partial charge in [0, 0.05) is 44.4 Å². The van der Waals surface area contributed by atoms with Crippen molar-refractivity contribution in [1.29, 1.82) is 0 Å². The number of aliphatic imine (C=N–C) groups is 1. The van der Waals surface area contributed by atoms with Crippen molar-refractivity contribution in [1.82, 2.24) is 15.5 Å². The van der Waals surface area contributed by atoms with E-state index < -0.39 is 0 Å². The number of morpholine rings is 1. The fraction of sp³-hybridized carbons (Fsp3) is 0.588. The number of ether oxygens (including phenoxy) is 1. The van der Waals surface area contributed by atoms with Crippen LogP contribution in [-0.2, 0) is 11.3 Å². The van der Waals surface area contributed by atoms with Crippen molar-refractivity contribution < 1.29 is 9.66 Å².